The number of amides is 2. The number of benzene rings is 1. The van der Waals surface area contributed by atoms with E-state index in [1.54, 1.807) is 57.7 Å². The van der Waals surface area contributed by atoms with Gasteiger partial charge in [0, 0.05) is 11.3 Å². The fraction of sp³-hybridized carbons (Fsp3) is 0.526. The van der Waals surface area contributed by atoms with E-state index < -0.39 is 23.7 Å². The molecule has 8 heteroatoms. The molecule has 0 aliphatic heterocycles. The van der Waals surface area contributed by atoms with Crippen molar-refractivity contribution in [3.8, 4) is 0 Å². The van der Waals surface area contributed by atoms with Gasteiger partial charge < -0.3 is 14.8 Å². The van der Waals surface area contributed by atoms with Crippen LogP contribution >= 0.6 is 11.8 Å². The quantitative estimate of drug-likeness (QED) is 0.687. The van der Waals surface area contributed by atoms with E-state index in [0.29, 0.717) is 23.2 Å². The number of nitrogens with one attached hydrogen (secondary N) is 2. The lowest BCUT2D eigenvalue weighted by Crippen LogP contribution is -2.42. The van der Waals surface area contributed by atoms with Gasteiger partial charge in [0.25, 0.3) is 5.91 Å². The van der Waals surface area contributed by atoms with E-state index in [1.165, 1.54) is 7.11 Å². The predicted octanol–water partition coefficient (Wildman–Crippen LogP) is 3.37. The summed E-state index contributed by atoms with van der Waals surface area (Å²) in [5.74, 6) is -0.131. The number of hydrogen-bond donors (Lipinski definition) is 2. The molecule has 0 saturated heterocycles. The van der Waals surface area contributed by atoms with Gasteiger partial charge in [0.15, 0.2) is 0 Å². The largest absolute Gasteiger partial charge is 0.467 e. The van der Waals surface area contributed by atoms with Crippen LogP contribution in [-0.4, -0.2) is 48.7 Å². The molecule has 0 aliphatic rings. The molecule has 0 saturated carbocycles. The second-order valence-electron chi connectivity index (χ2n) is 6.99. The SMILES string of the molecule is COC(=O)[C@H](CCSC)NC(=O)c1ccc(NC(=O)OC(C)(C)C)c(C)c1. The molecule has 7 nitrogen and oxygen atoms in total. The number of anilines is 1. The van der Waals surface area contributed by atoms with Gasteiger partial charge in [-0.1, -0.05) is 0 Å². The molecule has 0 fully saturated rings. The maximum Gasteiger partial charge on any atom is 0.412 e. The Bertz CT molecular complexity index is 685. The van der Waals surface area contributed by atoms with Gasteiger partial charge in [0.05, 0.1) is 7.11 Å². The van der Waals surface area contributed by atoms with E-state index in [1.807, 2.05) is 6.26 Å². The average Bonchev–Trinajstić information content (AvgIpc) is 2.57. The molecule has 0 spiro atoms. The van der Waals surface area contributed by atoms with E-state index in [0.717, 1.165) is 5.75 Å². The summed E-state index contributed by atoms with van der Waals surface area (Å²) >= 11 is 1.58. The Morgan fingerprint density at radius 1 is 1.22 bits per heavy atom. The molecule has 0 radical (unpaired) electrons. The summed E-state index contributed by atoms with van der Waals surface area (Å²) < 4.78 is 9.97. The van der Waals surface area contributed by atoms with Gasteiger partial charge in [-0.25, -0.2) is 9.59 Å². The third-order valence-corrected chi connectivity index (χ3v) is 4.17. The maximum absolute atomic E-state index is 12.5. The number of aryl methyl sites for hydroxylation is 1. The van der Waals surface area contributed by atoms with Crippen molar-refractivity contribution >= 4 is 35.4 Å². The zero-order valence-electron chi connectivity index (χ0n) is 16.7. The molecule has 1 atom stereocenters. The van der Waals surface area contributed by atoms with Crippen molar-refractivity contribution in [2.75, 3.05) is 24.4 Å². The molecule has 2 amide bonds. The number of esters is 1. The fourth-order valence-electron chi connectivity index (χ4n) is 2.23. The Morgan fingerprint density at radius 2 is 1.89 bits per heavy atom. The van der Waals surface area contributed by atoms with Crippen molar-refractivity contribution in [3.63, 3.8) is 0 Å². The highest BCUT2D eigenvalue weighted by atomic mass is 32.2. The molecule has 27 heavy (non-hydrogen) atoms. The van der Waals surface area contributed by atoms with Crippen LogP contribution in [0.3, 0.4) is 0 Å². The molecule has 1 rings (SSSR count). The Morgan fingerprint density at radius 3 is 2.41 bits per heavy atom. The number of carbonyl (C=O) groups excluding carboxylic acids is 3. The van der Waals surface area contributed by atoms with Crippen molar-refractivity contribution in [1.29, 1.82) is 0 Å². The monoisotopic (exact) mass is 396 g/mol. The summed E-state index contributed by atoms with van der Waals surface area (Å²) in [6, 6.07) is 4.15. The van der Waals surface area contributed by atoms with Crippen LogP contribution in [0.4, 0.5) is 10.5 Å². The molecule has 1 aromatic carbocycles. The van der Waals surface area contributed by atoms with Crippen LogP contribution in [0, 0.1) is 6.92 Å². The first-order valence-corrected chi connectivity index (χ1v) is 9.95. The van der Waals surface area contributed by atoms with Gasteiger partial charge >= 0.3 is 12.1 Å². The summed E-state index contributed by atoms with van der Waals surface area (Å²) in [4.78, 5) is 36.2. The van der Waals surface area contributed by atoms with Crippen LogP contribution in [0.2, 0.25) is 0 Å². The number of thioether (sulfide) groups is 1. The first-order valence-electron chi connectivity index (χ1n) is 8.55. The highest BCUT2D eigenvalue weighted by Crippen LogP contribution is 2.18. The van der Waals surface area contributed by atoms with Crippen LogP contribution in [0.15, 0.2) is 18.2 Å². The predicted molar refractivity (Wildman–Crippen MR) is 107 cm³/mol. The van der Waals surface area contributed by atoms with E-state index in [9.17, 15) is 14.4 Å². The summed E-state index contributed by atoms with van der Waals surface area (Å²) in [6.45, 7) is 7.11. The molecule has 0 bridgehead atoms. The van der Waals surface area contributed by atoms with Crippen LogP contribution in [-0.2, 0) is 14.3 Å². The summed E-state index contributed by atoms with van der Waals surface area (Å²) in [7, 11) is 1.29. The summed E-state index contributed by atoms with van der Waals surface area (Å²) in [5, 5.41) is 5.36. The van der Waals surface area contributed by atoms with Crippen LogP contribution in [0.5, 0.6) is 0 Å². The van der Waals surface area contributed by atoms with Gasteiger partial charge in [-0.15, -0.1) is 0 Å². The van der Waals surface area contributed by atoms with Gasteiger partial charge in [-0.3, -0.25) is 10.1 Å². The van der Waals surface area contributed by atoms with Crippen molar-refractivity contribution in [3.05, 3.63) is 29.3 Å². The maximum atomic E-state index is 12.5. The van der Waals surface area contributed by atoms with Crippen molar-refractivity contribution in [2.45, 2.75) is 45.8 Å². The molecule has 2 N–H and O–H groups in total. The van der Waals surface area contributed by atoms with Gasteiger partial charge in [0.2, 0.25) is 0 Å². The zero-order valence-corrected chi connectivity index (χ0v) is 17.5. The van der Waals surface area contributed by atoms with E-state index in [4.69, 9.17) is 9.47 Å². The number of methoxy groups -OCH3 is 1. The first kappa shape index (κ1) is 22.8. The second-order valence-corrected chi connectivity index (χ2v) is 7.97. The standard InChI is InChI=1S/C19H28N2O5S/c1-12-11-13(7-8-14(12)21-18(24)26-19(2,3)4)16(22)20-15(9-10-27-6)17(23)25-5/h7-8,11,15H,9-10H2,1-6H3,(H,20,22)(H,21,24)/t15-/m0/s1. The lowest BCUT2D eigenvalue weighted by Gasteiger charge is -2.20. The summed E-state index contributed by atoms with van der Waals surface area (Å²) in [5.41, 5.74) is 1.04. The molecule has 0 unspecified atom stereocenters. The number of ether oxygens (including phenoxy) is 2. The Labute approximate surface area is 164 Å². The zero-order chi connectivity index (χ0) is 20.6. The van der Waals surface area contributed by atoms with Gasteiger partial charge in [0.1, 0.15) is 11.6 Å². The average molecular weight is 397 g/mol. The Balaban J connectivity index is 2.83. The van der Waals surface area contributed by atoms with Crippen LogP contribution in [0.1, 0.15) is 43.1 Å². The topological polar surface area (TPSA) is 93.7 Å². The van der Waals surface area contributed by atoms with Crippen LogP contribution in [0.25, 0.3) is 0 Å². The van der Waals surface area contributed by atoms with Crippen molar-refractivity contribution < 1.29 is 23.9 Å². The summed E-state index contributed by atoms with van der Waals surface area (Å²) in [6.07, 6.45) is 1.85. The van der Waals surface area contributed by atoms with E-state index in [-0.39, 0.29) is 5.91 Å². The fourth-order valence-corrected chi connectivity index (χ4v) is 2.70. The molecule has 1 aromatic rings. The van der Waals surface area contributed by atoms with E-state index in [2.05, 4.69) is 10.6 Å². The molecule has 0 aliphatic carbocycles. The Kier molecular flexibility index (Phi) is 8.62. The minimum absolute atomic E-state index is 0.376. The molecule has 0 heterocycles. The smallest absolute Gasteiger partial charge is 0.412 e. The normalized spacial score (nSPS) is 12.1. The highest BCUT2D eigenvalue weighted by molar-refractivity contribution is 7.98. The highest BCUT2D eigenvalue weighted by Gasteiger charge is 2.22. The molecular formula is C19H28N2O5S. The van der Waals surface area contributed by atoms with Gasteiger partial charge in [-0.05, 0) is 69.9 Å². The third kappa shape index (κ3) is 7.90. The third-order valence-electron chi connectivity index (χ3n) is 3.53. The second kappa shape index (κ2) is 10.2. The van der Waals surface area contributed by atoms with E-state index >= 15 is 0 Å². The van der Waals surface area contributed by atoms with Crippen molar-refractivity contribution in [1.82, 2.24) is 5.32 Å². The van der Waals surface area contributed by atoms with Crippen LogP contribution < -0.4 is 10.6 Å². The molecular weight excluding hydrogens is 368 g/mol. The minimum Gasteiger partial charge on any atom is -0.467 e. The Hall–Kier alpha value is -2.22. The number of rotatable bonds is 7. The lowest BCUT2D eigenvalue weighted by atomic mass is 10.1. The first-order chi connectivity index (χ1) is 12.6. The lowest BCUT2D eigenvalue weighted by molar-refractivity contribution is -0.142. The minimum atomic E-state index is -0.699. The number of carbonyl (C=O) groups is 3. The molecule has 150 valence electrons. The molecule has 0 aromatic heterocycles. The number of hydrogen-bond acceptors (Lipinski definition) is 6. The van der Waals surface area contributed by atoms with Gasteiger partial charge in [-0.2, -0.15) is 11.8 Å². The van der Waals surface area contributed by atoms with Crippen molar-refractivity contribution in [2.24, 2.45) is 0 Å².